The summed E-state index contributed by atoms with van der Waals surface area (Å²) in [4.78, 5) is 12.4. The third-order valence-electron chi connectivity index (χ3n) is 2.18. The number of aliphatic hydroxyl groups is 1. The number of aliphatic hydroxyl groups excluding tert-OH is 1. The van der Waals surface area contributed by atoms with E-state index in [1.807, 2.05) is 17.5 Å². The van der Waals surface area contributed by atoms with Gasteiger partial charge in [-0.1, -0.05) is 6.07 Å². The fourth-order valence-electron chi connectivity index (χ4n) is 1.25. The lowest BCUT2D eigenvalue weighted by atomic mass is 10.2. The molecule has 3 nitrogen and oxygen atoms in total. The van der Waals surface area contributed by atoms with Gasteiger partial charge in [0.15, 0.2) is 0 Å². The number of hydrogen-bond donors (Lipinski definition) is 2. The van der Waals surface area contributed by atoms with Crippen LogP contribution in [0.3, 0.4) is 0 Å². The molecule has 0 aliphatic carbocycles. The molecule has 0 aliphatic heterocycles. The molecule has 17 heavy (non-hydrogen) atoms. The molecule has 0 spiro atoms. The molecule has 1 aromatic heterocycles. The Morgan fingerprint density at radius 3 is 2.88 bits per heavy atom. The Balaban J connectivity index is 2.13. The monoisotopic (exact) mass is 263 g/mol. The Morgan fingerprint density at radius 2 is 2.29 bits per heavy atom. The van der Waals surface area contributed by atoms with Gasteiger partial charge in [-0.2, -0.15) is 0 Å². The van der Waals surface area contributed by atoms with E-state index in [2.05, 4.69) is 5.32 Å². The summed E-state index contributed by atoms with van der Waals surface area (Å²) in [6, 6.07) is 3.91. The highest BCUT2D eigenvalue weighted by atomic mass is 32.1. The molecular weight excluding hydrogens is 248 g/mol. The molecule has 0 atom stereocenters. The van der Waals surface area contributed by atoms with Crippen LogP contribution in [0.5, 0.6) is 0 Å². The second-order valence-corrected chi connectivity index (χ2v) is 4.76. The van der Waals surface area contributed by atoms with Crippen molar-refractivity contribution in [2.75, 3.05) is 13.2 Å². The van der Waals surface area contributed by atoms with Crippen molar-refractivity contribution < 1.29 is 18.7 Å². The number of hydrogen-bond acceptors (Lipinski definition) is 3. The van der Waals surface area contributed by atoms with Crippen molar-refractivity contribution in [2.24, 2.45) is 0 Å². The summed E-state index contributed by atoms with van der Waals surface area (Å²) in [6.45, 7) is -2.05. The van der Waals surface area contributed by atoms with Crippen molar-refractivity contribution in [1.82, 2.24) is 5.32 Å². The Bertz CT molecular complexity index is 341. The summed E-state index contributed by atoms with van der Waals surface area (Å²) in [5.74, 6) is -3.64. The molecule has 6 heteroatoms. The normalized spacial score (nSPS) is 11.5. The first-order valence-corrected chi connectivity index (χ1v) is 6.19. The fraction of sp³-hybridized carbons (Fsp3) is 0.545. The zero-order valence-electron chi connectivity index (χ0n) is 9.29. The second kappa shape index (κ2) is 6.66. The minimum absolute atomic E-state index is 0.222. The third-order valence-corrected chi connectivity index (χ3v) is 3.12. The molecule has 0 fully saturated rings. The molecule has 96 valence electrons. The number of alkyl halides is 2. The van der Waals surface area contributed by atoms with Gasteiger partial charge in [0.05, 0.1) is 6.54 Å². The molecule has 2 N–H and O–H groups in total. The van der Waals surface area contributed by atoms with Gasteiger partial charge in [-0.15, -0.1) is 11.3 Å². The maximum atomic E-state index is 12.6. The van der Waals surface area contributed by atoms with Gasteiger partial charge in [0.25, 0.3) is 5.92 Å². The highest BCUT2D eigenvalue weighted by Gasteiger charge is 2.27. The van der Waals surface area contributed by atoms with Crippen LogP contribution in [0.2, 0.25) is 0 Å². The molecular formula is C11H15F2NO2S. The summed E-state index contributed by atoms with van der Waals surface area (Å²) in [5, 5.41) is 12.4. The lowest BCUT2D eigenvalue weighted by Gasteiger charge is -2.13. The highest BCUT2D eigenvalue weighted by molar-refractivity contribution is 7.09. The molecule has 1 rings (SSSR count). The van der Waals surface area contributed by atoms with Gasteiger partial charge in [-0.25, -0.2) is 8.78 Å². The first kappa shape index (κ1) is 14.1. The van der Waals surface area contributed by atoms with Crippen molar-refractivity contribution >= 4 is 17.2 Å². The van der Waals surface area contributed by atoms with Crippen LogP contribution in [0.25, 0.3) is 0 Å². The number of nitrogens with one attached hydrogen (secondary N) is 1. The van der Waals surface area contributed by atoms with Crippen molar-refractivity contribution in [3.8, 4) is 0 Å². The predicted octanol–water partition coefficient (Wildman–Crippen LogP) is 1.81. The standard InChI is InChI=1S/C11H15F2NO2S/c12-11(13,8-15)7-14-10(16)5-1-3-9-4-2-6-17-9/h2,4,6,15H,1,3,5,7-8H2,(H,14,16). The van der Waals surface area contributed by atoms with E-state index in [9.17, 15) is 13.6 Å². The average Bonchev–Trinajstić information content (AvgIpc) is 2.80. The summed E-state index contributed by atoms with van der Waals surface area (Å²) in [7, 11) is 0. The van der Waals surface area contributed by atoms with Crippen LogP contribution in [-0.2, 0) is 11.2 Å². The fourth-order valence-corrected chi connectivity index (χ4v) is 2.00. The number of carbonyl (C=O) groups is 1. The van der Waals surface area contributed by atoms with Crippen molar-refractivity contribution in [3.63, 3.8) is 0 Å². The van der Waals surface area contributed by atoms with E-state index >= 15 is 0 Å². The Kier molecular flexibility index (Phi) is 5.50. The SMILES string of the molecule is O=C(CCCc1cccs1)NCC(F)(F)CO. The molecule has 0 aromatic carbocycles. The number of carbonyl (C=O) groups excluding carboxylic acids is 1. The lowest BCUT2D eigenvalue weighted by Crippen LogP contribution is -2.38. The van der Waals surface area contributed by atoms with E-state index in [4.69, 9.17) is 5.11 Å². The zero-order valence-corrected chi connectivity index (χ0v) is 10.1. The van der Waals surface area contributed by atoms with Crippen LogP contribution < -0.4 is 5.32 Å². The van der Waals surface area contributed by atoms with E-state index in [0.717, 1.165) is 6.42 Å². The maximum Gasteiger partial charge on any atom is 0.287 e. The number of halogens is 2. The van der Waals surface area contributed by atoms with Crippen molar-refractivity contribution in [2.45, 2.75) is 25.2 Å². The van der Waals surface area contributed by atoms with Gasteiger partial charge >= 0.3 is 0 Å². The van der Waals surface area contributed by atoms with Crippen LogP contribution in [-0.4, -0.2) is 30.1 Å². The number of rotatable bonds is 7. The third kappa shape index (κ3) is 5.74. The molecule has 1 heterocycles. The van der Waals surface area contributed by atoms with Crippen LogP contribution in [0, 0.1) is 0 Å². The first-order valence-electron chi connectivity index (χ1n) is 5.31. The van der Waals surface area contributed by atoms with E-state index < -0.39 is 25.0 Å². The Hall–Kier alpha value is -1.01. The summed E-state index contributed by atoms with van der Waals surface area (Å²) in [5.41, 5.74) is 0. The predicted molar refractivity (Wildman–Crippen MR) is 62.3 cm³/mol. The number of amides is 1. The Labute approximate surface area is 102 Å². The number of aryl methyl sites for hydroxylation is 1. The average molecular weight is 263 g/mol. The molecule has 0 bridgehead atoms. The second-order valence-electron chi connectivity index (χ2n) is 3.72. The smallest absolute Gasteiger partial charge is 0.287 e. The zero-order chi connectivity index (χ0) is 12.7. The van der Waals surface area contributed by atoms with Crippen LogP contribution in [0.15, 0.2) is 17.5 Å². The molecule has 0 aliphatic rings. The van der Waals surface area contributed by atoms with Gasteiger partial charge in [-0.3, -0.25) is 4.79 Å². The van der Waals surface area contributed by atoms with Crippen molar-refractivity contribution in [3.05, 3.63) is 22.4 Å². The largest absolute Gasteiger partial charge is 0.390 e. The molecule has 1 aromatic rings. The molecule has 0 saturated carbocycles. The summed E-state index contributed by atoms with van der Waals surface area (Å²) in [6.07, 6.45) is 1.64. The van der Waals surface area contributed by atoms with Crippen LogP contribution >= 0.6 is 11.3 Å². The van der Waals surface area contributed by atoms with E-state index in [-0.39, 0.29) is 6.42 Å². The summed E-state index contributed by atoms with van der Waals surface area (Å²) >= 11 is 1.61. The van der Waals surface area contributed by atoms with Gasteiger partial charge < -0.3 is 10.4 Å². The van der Waals surface area contributed by atoms with Crippen LogP contribution in [0.4, 0.5) is 8.78 Å². The molecule has 0 saturated heterocycles. The quantitative estimate of drug-likeness (QED) is 0.788. The van der Waals surface area contributed by atoms with Gasteiger partial charge in [0.2, 0.25) is 5.91 Å². The first-order chi connectivity index (χ1) is 8.03. The highest BCUT2D eigenvalue weighted by Crippen LogP contribution is 2.12. The van der Waals surface area contributed by atoms with Crippen molar-refractivity contribution in [1.29, 1.82) is 0 Å². The topological polar surface area (TPSA) is 49.3 Å². The summed E-state index contributed by atoms with van der Waals surface area (Å²) < 4.78 is 25.2. The number of thiophene rings is 1. The Morgan fingerprint density at radius 1 is 1.53 bits per heavy atom. The van der Waals surface area contributed by atoms with Gasteiger partial charge in [0, 0.05) is 11.3 Å². The molecule has 1 amide bonds. The van der Waals surface area contributed by atoms with Gasteiger partial charge in [-0.05, 0) is 24.3 Å². The van der Waals surface area contributed by atoms with Crippen LogP contribution in [0.1, 0.15) is 17.7 Å². The van der Waals surface area contributed by atoms with E-state index in [1.165, 1.54) is 4.88 Å². The molecule has 0 unspecified atom stereocenters. The molecule has 0 radical (unpaired) electrons. The lowest BCUT2D eigenvalue weighted by molar-refractivity contribution is -0.124. The van der Waals surface area contributed by atoms with E-state index in [0.29, 0.717) is 6.42 Å². The maximum absolute atomic E-state index is 12.6. The van der Waals surface area contributed by atoms with Gasteiger partial charge in [0.1, 0.15) is 6.61 Å². The van der Waals surface area contributed by atoms with E-state index in [1.54, 1.807) is 11.3 Å². The minimum atomic E-state index is -3.23. The minimum Gasteiger partial charge on any atom is -0.390 e.